The van der Waals surface area contributed by atoms with E-state index in [1.807, 2.05) is 31.2 Å². The molecule has 2 N–H and O–H groups in total. The molecule has 0 saturated heterocycles. The van der Waals surface area contributed by atoms with E-state index in [0.29, 0.717) is 0 Å². The maximum atomic E-state index is 5.50. The maximum Gasteiger partial charge on any atom is 0.240 e. The van der Waals surface area contributed by atoms with E-state index < -0.39 is 0 Å². The molecule has 0 spiro atoms. The van der Waals surface area contributed by atoms with Gasteiger partial charge in [0, 0.05) is 10.0 Å². The van der Waals surface area contributed by atoms with E-state index in [0.717, 1.165) is 21.4 Å². The number of nitrogens with two attached hydrogens (primary N) is 1. The molecular weight excluding hydrogens is 256 g/mol. The van der Waals surface area contributed by atoms with Crippen molar-refractivity contribution in [2.75, 3.05) is 5.73 Å². The van der Waals surface area contributed by atoms with Crippen LogP contribution in [-0.2, 0) is 0 Å². The van der Waals surface area contributed by atoms with Gasteiger partial charge in [0.1, 0.15) is 0 Å². The highest BCUT2D eigenvalue weighted by Gasteiger charge is 2.05. The SMILES string of the molecule is Cc1nnc(N)nc1-c1ccc(Br)cc1. The second kappa shape index (κ2) is 3.94. The number of rotatable bonds is 1. The number of hydrogen-bond donors (Lipinski definition) is 1. The number of nitrogens with zero attached hydrogens (tertiary/aromatic N) is 3. The fraction of sp³-hybridized carbons (Fsp3) is 0.100. The number of halogens is 1. The molecular formula is C10H9BrN4. The van der Waals surface area contributed by atoms with Crippen LogP contribution < -0.4 is 5.73 Å². The third-order valence-corrected chi connectivity index (χ3v) is 2.52. The van der Waals surface area contributed by atoms with E-state index in [4.69, 9.17) is 5.73 Å². The molecule has 76 valence electrons. The molecule has 15 heavy (non-hydrogen) atoms. The van der Waals surface area contributed by atoms with Gasteiger partial charge in [-0.25, -0.2) is 4.98 Å². The number of nitrogen functional groups attached to an aromatic ring is 1. The van der Waals surface area contributed by atoms with Gasteiger partial charge in [0.05, 0.1) is 11.4 Å². The highest BCUT2D eigenvalue weighted by Crippen LogP contribution is 2.21. The van der Waals surface area contributed by atoms with Crippen molar-refractivity contribution in [1.82, 2.24) is 15.2 Å². The van der Waals surface area contributed by atoms with Crippen LogP contribution in [0.2, 0.25) is 0 Å². The van der Waals surface area contributed by atoms with Gasteiger partial charge in [-0.1, -0.05) is 28.1 Å². The summed E-state index contributed by atoms with van der Waals surface area (Å²) in [7, 11) is 0. The van der Waals surface area contributed by atoms with Gasteiger partial charge in [0.15, 0.2) is 0 Å². The fourth-order valence-electron chi connectivity index (χ4n) is 1.27. The van der Waals surface area contributed by atoms with Crippen LogP contribution in [0.4, 0.5) is 5.95 Å². The minimum Gasteiger partial charge on any atom is -0.366 e. The molecule has 1 aromatic heterocycles. The van der Waals surface area contributed by atoms with Gasteiger partial charge < -0.3 is 5.73 Å². The van der Waals surface area contributed by atoms with E-state index in [9.17, 15) is 0 Å². The van der Waals surface area contributed by atoms with Gasteiger partial charge >= 0.3 is 0 Å². The Kier molecular flexibility index (Phi) is 2.64. The van der Waals surface area contributed by atoms with Crippen LogP contribution >= 0.6 is 15.9 Å². The average molecular weight is 265 g/mol. The molecule has 0 bridgehead atoms. The van der Waals surface area contributed by atoms with Crippen LogP contribution in [0.3, 0.4) is 0 Å². The lowest BCUT2D eigenvalue weighted by molar-refractivity contribution is 0.945. The molecule has 0 amide bonds. The monoisotopic (exact) mass is 264 g/mol. The quantitative estimate of drug-likeness (QED) is 0.858. The van der Waals surface area contributed by atoms with Crippen LogP contribution in [0.15, 0.2) is 28.7 Å². The Morgan fingerprint density at radius 2 is 1.80 bits per heavy atom. The van der Waals surface area contributed by atoms with Crippen LogP contribution in [0.5, 0.6) is 0 Å². The minimum absolute atomic E-state index is 0.193. The number of aryl methyl sites for hydroxylation is 1. The molecule has 0 aliphatic carbocycles. The third-order valence-electron chi connectivity index (χ3n) is 1.99. The summed E-state index contributed by atoms with van der Waals surface area (Å²) in [6.07, 6.45) is 0. The molecule has 0 saturated carbocycles. The summed E-state index contributed by atoms with van der Waals surface area (Å²) >= 11 is 3.38. The smallest absolute Gasteiger partial charge is 0.240 e. The van der Waals surface area contributed by atoms with Gasteiger partial charge in [-0.05, 0) is 19.1 Å². The van der Waals surface area contributed by atoms with Crippen molar-refractivity contribution in [1.29, 1.82) is 0 Å². The summed E-state index contributed by atoms with van der Waals surface area (Å²) in [4.78, 5) is 4.16. The van der Waals surface area contributed by atoms with Gasteiger partial charge in [0.25, 0.3) is 0 Å². The van der Waals surface area contributed by atoms with Crippen LogP contribution in [0.1, 0.15) is 5.69 Å². The summed E-state index contributed by atoms with van der Waals surface area (Å²) < 4.78 is 1.03. The van der Waals surface area contributed by atoms with Crippen molar-refractivity contribution in [3.05, 3.63) is 34.4 Å². The Hall–Kier alpha value is -1.49. The normalized spacial score (nSPS) is 10.3. The average Bonchev–Trinajstić information content (AvgIpc) is 2.23. The first-order chi connectivity index (χ1) is 7.16. The standard InChI is InChI=1S/C10H9BrN4/c1-6-9(13-10(12)15-14-6)7-2-4-8(11)5-3-7/h2-5H,1H3,(H2,12,13,15). The summed E-state index contributed by atoms with van der Waals surface area (Å²) in [5, 5.41) is 7.62. The molecule has 0 aliphatic heterocycles. The van der Waals surface area contributed by atoms with Crippen molar-refractivity contribution in [3.63, 3.8) is 0 Å². The summed E-state index contributed by atoms with van der Waals surface area (Å²) in [6.45, 7) is 1.86. The van der Waals surface area contributed by atoms with Crippen molar-refractivity contribution in [2.45, 2.75) is 6.92 Å². The Balaban J connectivity index is 2.53. The molecule has 5 heteroatoms. The van der Waals surface area contributed by atoms with E-state index in [1.54, 1.807) is 0 Å². The zero-order valence-corrected chi connectivity index (χ0v) is 9.69. The van der Waals surface area contributed by atoms with Crippen LogP contribution in [0.25, 0.3) is 11.3 Å². The molecule has 2 rings (SSSR count). The van der Waals surface area contributed by atoms with Crippen LogP contribution in [-0.4, -0.2) is 15.2 Å². The third kappa shape index (κ3) is 2.12. The number of hydrogen-bond acceptors (Lipinski definition) is 4. The van der Waals surface area contributed by atoms with E-state index >= 15 is 0 Å². The molecule has 0 aliphatic rings. The first kappa shape index (κ1) is 10.0. The lowest BCUT2D eigenvalue weighted by atomic mass is 10.1. The molecule has 0 unspecified atom stereocenters. The first-order valence-electron chi connectivity index (χ1n) is 4.39. The lowest BCUT2D eigenvalue weighted by Crippen LogP contribution is -2.01. The zero-order chi connectivity index (χ0) is 10.8. The molecule has 0 atom stereocenters. The number of aromatic nitrogens is 3. The summed E-state index contributed by atoms with van der Waals surface area (Å²) in [5.41, 5.74) is 8.03. The Morgan fingerprint density at radius 1 is 1.13 bits per heavy atom. The first-order valence-corrected chi connectivity index (χ1v) is 5.19. The van der Waals surface area contributed by atoms with Crippen LogP contribution in [0, 0.1) is 6.92 Å². The lowest BCUT2D eigenvalue weighted by Gasteiger charge is -2.03. The molecule has 0 fully saturated rings. The van der Waals surface area contributed by atoms with E-state index in [1.165, 1.54) is 0 Å². The highest BCUT2D eigenvalue weighted by molar-refractivity contribution is 9.10. The molecule has 2 aromatic rings. The predicted octanol–water partition coefficient (Wildman–Crippen LogP) is 2.19. The summed E-state index contributed by atoms with van der Waals surface area (Å²) in [6, 6.07) is 7.82. The highest BCUT2D eigenvalue weighted by atomic mass is 79.9. The van der Waals surface area contributed by atoms with Gasteiger partial charge in [-0.15, -0.1) is 10.2 Å². The summed E-state index contributed by atoms with van der Waals surface area (Å²) in [5.74, 6) is 0.193. The second-order valence-electron chi connectivity index (χ2n) is 3.11. The Bertz CT molecular complexity index is 481. The van der Waals surface area contributed by atoms with Crippen molar-refractivity contribution in [2.24, 2.45) is 0 Å². The number of anilines is 1. The molecule has 0 radical (unpaired) electrons. The topological polar surface area (TPSA) is 64.7 Å². The fourth-order valence-corrected chi connectivity index (χ4v) is 1.54. The number of benzene rings is 1. The molecule has 4 nitrogen and oxygen atoms in total. The Labute approximate surface area is 95.7 Å². The maximum absolute atomic E-state index is 5.50. The van der Waals surface area contributed by atoms with Crippen molar-refractivity contribution in [3.8, 4) is 11.3 Å². The van der Waals surface area contributed by atoms with Gasteiger partial charge in [-0.3, -0.25) is 0 Å². The molecule has 1 heterocycles. The van der Waals surface area contributed by atoms with E-state index in [2.05, 4.69) is 31.1 Å². The van der Waals surface area contributed by atoms with Gasteiger partial charge in [0.2, 0.25) is 5.95 Å². The Morgan fingerprint density at radius 3 is 2.47 bits per heavy atom. The van der Waals surface area contributed by atoms with E-state index in [-0.39, 0.29) is 5.95 Å². The molecule has 1 aromatic carbocycles. The zero-order valence-electron chi connectivity index (χ0n) is 8.11. The second-order valence-corrected chi connectivity index (χ2v) is 4.03. The minimum atomic E-state index is 0.193. The van der Waals surface area contributed by atoms with Crippen molar-refractivity contribution >= 4 is 21.9 Å². The van der Waals surface area contributed by atoms with Crippen molar-refractivity contribution < 1.29 is 0 Å². The predicted molar refractivity (Wildman–Crippen MR) is 62.1 cm³/mol. The largest absolute Gasteiger partial charge is 0.366 e. The van der Waals surface area contributed by atoms with Gasteiger partial charge in [-0.2, -0.15) is 0 Å².